The third-order valence-corrected chi connectivity index (χ3v) is 16.3. The lowest BCUT2D eigenvalue weighted by Gasteiger charge is -2.49. The molecule has 0 aromatic rings. The van der Waals surface area contributed by atoms with E-state index in [-0.39, 0.29) is 46.7 Å². The number of carbonyl (C=O) groups is 10. The first-order valence-electron chi connectivity index (χ1n) is 31.3. The van der Waals surface area contributed by atoms with E-state index in [4.69, 9.17) is 70.8 Å². The second kappa shape index (κ2) is 39.0. The van der Waals surface area contributed by atoms with Crippen molar-refractivity contribution in [2.24, 2.45) is 11.7 Å². The van der Waals surface area contributed by atoms with Gasteiger partial charge >= 0.3 is 5.97 Å². The predicted octanol–water partition coefficient (Wildman–Crippen LogP) is -8.86. The standard InChI is InChI=1S/C57H94N12O25S3/c1-21(2)15-30(66-50(84)29(62-25(6)73)12-13-37(76)77)51(85)61-22(3)49(83)67-39(24(5)90-57-42(65-28(9)97)48(45(80)34(20-72)93-57)94-56-41(64-27(8)96)47(82)44(79)33(19-71)92-56)54(88)68-38(23(4)89-55-40(63-26(7)95)46(81)43(78)32(18-70)91-55)53(87)60-17-36(75)69-14-10-11-31(69)52(86)59-16-35(58)74/h21-24,29-34,38-48,55-57,70-72,78-82H,10-20H2,1-9H3,(H2,58,74)(H,59,86)(H,60,87)(H,61,85)(H,62,73)(H,63,95)(H,64,96)(H,65,97)(H,66,84)(H,67,83)(H,68,88)(H,76,77)/t22-,23+,24+,29-,30-,31-,32+,33+,34+,38-,39-,40+,41+,42+,43-,44-,45-,46+,47+,48+,55-,56+,57-/m0/s1. The maximum absolute atomic E-state index is 15.4. The third kappa shape index (κ3) is 24.3. The molecule has 0 bridgehead atoms. The van der Waals surface area contributed by atoms with Crippen molar-refractivity contribution in [2.45, 2.75) is 235 Å². The van der Waals surface area contributed by atoms with Gasteiger partial charge in [-0.3, -0.25) is 47.9 Å². The van der Waals surface area contributed by atoms with E-state index in [0.717, 1.165) is 11.8 Å². The van der Waals surface area contributed by atoms with Gasteiger partial charge in [0.05, 0.1) is 60.1 Å². The van der Waals surface area contributed by atoms with Gasteiger partial charge in [0, 0.05) is 19.9 Å². The van der Waals surface area contributed by atoms with Crippen molar-refractivity contribution >= 4 is 111 Å². The van der Waals surface area contributed by atoms with Crippen molar-refractivity contribution < 1.29 is 122 Å². The summed E-state index contributed by atoms with van der Waals surface area (Å²) in [5.74, 6) is -10.3. The van der Waals surface area contributed by atoms with Gasteiger partial charge < -0.3 is 138 Å². The highest BCUT2D eigenvalue weighted by molar-refractivity contribution is 7.80. The normalized spacial score (nSPS) is 29.3. The molecule has 0 aromatic carbocycles. The van der Waals surface area contributed by atoms with Crippen molar-refractivity contribution in [2.75, 3.05) is 39.5 Å². The van der Waals surface area contributed by atoms with Crippen LogP contribution in [0.2, 0.25) is 0 Å². The number of amides is 9. The Morgan fingerprint density at radius 1 is 0.567 bits per heavy atom. The fourth-order valence-corrected chi connectivity index (χ4v) is 11.5. The number of carboxylic acids is 1. The molecule has 23 atom stereocenters. The zero-order valence-corrected chi connectivity index (χ0v) is 57.4. The lowest BCUT2D eigenvalue weighted by molar-refractivity contribution is -0.331. The molecule has 4 aliphatic rings. The number of aliphatic carboxylic acids is 1. The summed E-state index contributed by atoms with van der Waals surface area (Å²) in [6.07, 6.45) is -24.3. The summed E-state index contributed by atoms with van der Waals surface area (Å²) < 4.78 is 36.8. The molecule has 40 heteroatoms. The van der Waals surface area contributed by atoms with Crippen LogP contribution in [-0.4, -0.2) is 305 Å². The minimum absolute atomic E-state index is 0.0128. The largest absolute Gasteiger partial charge is 0.481 e. The van der Waals surface area contributed by atoms with E-state index in [1.54, 1.807) is 13.8 Å². The Morgan fingerprint density at radius 3 is 1.54 bits per heavy atom. The van der Waals surface area contributed by atoms with Crippen molar-refractivity contribution in [1.29, 1.82) is 0 Å². The second-order valence-corrected chi connectivity index (χ2v) is 26.2. The van der Waals surface area contributed by atoms with Crippen LogP contribution in [0.5, 0.6) is 0 Å². The molecule has 0 aliphatic carbocycles. The first-order valence-corrected chi connectivity index (χ1v) is 32.5. The number of nitrogens with zero attached hydrogens (tertiary/aromatic N) is 1. The van der Waals surface area contributed by atoms with Gasteiger partial charge in [-0.05, 0) is 73.1 Å². The number of carbonyl (C=O) groups excluding carboxylic acids is 9. The highest BCUT2D eigenvalue weighted by atomic mass is 32.1. The van der Waals surface area contributed by atoms with Crippen LogP contribution in [0.25, 0.3) is 0 Å². The van der Waals surface area contributed by atoms with Crippen LogP contribution in [0.3, 0.4) is 0 Å². The molecule has 4 heterocycles. The van der Waals surface area contributed by atoms with Crippen LogP contribution < -0.4 is 58.9 Å². The zero-order chi connectivity index (χ0) is 73.0. The van der Waals surface area contributed by atoms with Crippen LogP contribution in [0.1, 0.15) is 94.4 Å². The number of aliphatic hydroxyl groups excluding tert-OH is 8. The summed E-state index contributed by atoms with van der Waals surface area (Å²) in [6, 6.07) is -14.1. The molecule has 4 aliphatic heterocycles. The molecular formula is C57H94N12O25S3. The van der Waals surface area contributed by atoms with Gasteiger partial charge in [-0.25, -0.2) is 0 Å². The van der Waals surface area contributed by atoms with Gasteiger partial charge in [0.2, 0.25) is 53.2 Å². The number of hydrogen-bond donors (Lipinski definition) is 20. The fourth-order valence-electron chi connectivity index (χ4n) is 11.1. The van der Waals surface area contributed by atoms with E-state index >= 15 is 4.79 Å². The predicted molar refractivity (Wildman–Crippen MR) is 346 cm³/mol. The molecule has 37 nitrogen and oxygen atoms in total. The Hall–Kier alpha value is -6.19. The number of thiocarbonyl (C=S) groups is 3. The molecule has 97 heavy (non-hydrogen) atoms. The van der Waals surface area contributed by atoms with Crippen molar-refractivity contribution in [3.63, 3.8) is 0 Å². The maximum Gasteiger partial charge on any atom is 0.303 e. The van der Waals surface area contributed by atoms with E-state index in [1.165, 1.54) is 41.5 Å². The summed E-state index contributed by atoms with van der Waals surface area (Å²) in [6.45, 7) is 8.28. The summed E-state index contributed by atoms with van der Waals surface area (Å²) in [5, 5.41) is 122. The molecular weight excluding hydrogens is 1350 g/mol. The summed E-state index contributed by atoms with van der Waals surface area (Å²) in [5.41, 5.74) is 5.20. The zero-order valence-electron chi connectivity index (χ0n) is 54.9. The number of ether oxygens (including phenoxy) is 6. The number of carboxylic acid groups (broad SMARTS) is 1. The lowest BCUT2D eigenvalue weighted by atomic mass is 9.94. The monoisotopic (exact) mass is 1440 g/mol. The molecule has 0 unspecified atom stereocenters. The summed E-state index contributed by atoms with van der Waals surface area (Å²) in [4.78, 5) is 136. The molecule has 550 valence electrons. The van der Waals surface area contributed by atoms with Gasteiger partial charge in [0.15, 0.2) is 18.9 Å². The number of nitrogens with two attached hydrogens (primary N) is 1. The number of nitrogens with one attached hydrogen (secondary N) is 10. The first kappa shape index (κ1) is 83.2. The quantitative estimate of drug-likeness (QED) is 0.0266. The highest BCUT2D eigenvalue weighted by Gasteiger charge is 2.54. The number of hydrogen-bond acceptors (Lipinski definition) is 27. The van der Waals surface area contributed by atoms with Crippen LogP contribution in [0, 0.1) is 5.92 Å². The van der Waals surface area contributed by atoms with E-state index in [9.17, 15) is 89.1 Å². The lowest BCUT2D eigenvalue weighted by Crippen LogP contribution is -2.70. The average Bonchev–Trinajstić information content (AvgIpc) is 1.28. The number of aliphatic hydroxyl groups is 8. The minimum Gasteiger partial charge on any atom is -0.481 e. The summed E-state index contributed by atoms with van der Waals surface area (Å²) in [7, 11) is 0. The van der Waals surface area contributed by atoms with Gasteiger partial charge in [-0.15, -0.1) is 0 Å². The first-order chi connectivity index (χ1) is 45.4. The van der Waals surface area contributed by atoms with E-state index in [2.05, 4.69) is 53.2 Å². The SMILES string of the molecule is CC(=O)N[C@@H](CCC(=O)O)C(=O)N[C@@H](CC(C)C)C(=O)N[C@@H](C)C(=O)N[C@H](C(=O)N[C@H](C(=O)NCC(=O)N1CCC[C@H]1C(=O)NCC(N)=O)[C@@H](C)O[C@H]1O[C@H](CO)[C@H](O)[C@H](O)[C@H]1NC(C)=S)[C@@H](C)O[C@H]1O[C@H](CO)[C@H](O)[C@H](O[C@H]2O[C@H](CO)[C@H](O)[C@H](O)[C@H]2NC(C)=S)[C@H]1NC(C)=S. The van der Waals surface area contributed by atoms with E-state index in [0.29, 0.717) is 6.42 Å². The average molecular weight is 1440 g/mol. The minimum atomic E-state index is -2.10. The van der Waals surface area contributed by atoms with Crippen LogP contribution in [0.4, 0.5) is 0 Å². The second-order valence-electron chi connectivity index (χ2n) is 24.3. The summed E-state index contributed by atoms with van der Waals surface area (Å²) >= 11 is 15.9. The molecule has 0 aromatic heterocycles. The van der Waals surface area contributed by atoms with Crippen molar-refractivity contribution in [3.05, 3.63) is 0 Å². The van der Waals surface area contributed by atoms with Crippen LogP contribution >= 0.6 is 36.7 Å². The topological polar surface area (TPSA) is 558 Å². The Kier molecular flexibility index (Phi) is 33.4. The molecule has 0 saturated carbocycles. The molecule has 0 radical (unpaired) electrons. The van der Waals surface area contributed by atoms with Crippen molar-refractivity contribution in [3.8, 4) is 0 Å². The molecule has 4 saturated heterocycles. The Bertz CT molecular complexity index is 2790. The third-order valence-electron chi connectivity index (χ3n) is 16.0. The molecule has 0 spiro atoms. The molecule has 9 amide bonds. The van der Waals surface area contributed by atoms with Crippen LogP contribution in [0.15, 0.2) is 0 Å². The maximum atomic E-state index is 15.4. The fraction of sp³-hybridized carbons (Fsp3) is 0.772. The Labute approximate surface area is 574 Å². The van der Waals surface area contributed by atoms with Crippen molar-refractivity contribution in [1.82, 2.24) is 58.1 Å². The van der Waals surface area contributed by atoms with Crippen LogP contribution in [-0.2, 0) is 76.4 Å². The number of primary amides is 1. The highest BCUT2D eigenvalue weighted by Crippen LogP contribution is 2.32. The van der Waals surface area contributed by atoms with Gasteiger partial charge in [-0.1, -0.05) is 50.5 Å². The Morgan fingerprint density at radius 2 is 1.04 bits per heavy atom. The Balaban J connectivity index is 1.86. The molecule has 21 N–H and O–H groups in total. The van der Waals surface area contributed by atoms with Gasteiger partial charge in [-0.2, -0.15) is 0 Å². The number of likely N-dealkylation sites (tertiary alicyclic amines) is 1. The smallest absolute Gasteiger partial charge is 0.303 e. The van der Waals surface area contributed by atoms with Gasteiger partial charge in [0.25, 0.3) is 0 Å². The number of rotatable bonds is 34. The van der Waals surface area contributed by atoms with E-state index in [1.807, 2.05) is 0 Å². The van der Waals surface area contributed by atoms with Gasteiger partial charge in [0.1, 0.15) is 109 Å². The van der Waals surface area contributed by atoms with E-state index < -0.39 is 239 Å². The molecule has 4 fully saturated rings. The molecule has 4 rings (SSSR count).